The smallest absolute Gasteiger partial charge is 0.238 e. The molecule has 1 atom stereocenters. The maximum atomic E-state index is 11.4. The molecule has 7 heteroatoms. The van der Waals surface area contributed by atoms with E-state index in [9.17, 15) is 8.42 Å². The standard InChI is InChI=1S/C13H19ClN2O2S2/c1-13(2)5-6-19-8-12(13)16-11-7-9(20(15,17)18)3-4-10(11)14/h3-4,7,12,16H,5-6,8H2,1-2H3,(H2,15,17,18). The summed E-state index contributed by atoms with van der Waals surface area (Å²) in [6.07, 6.45) is 1.11. The van der Waals surface area contributed by atoms with E-state index in [2.05, 4.69) is 19.2 Å². The Morgan fingerprint density at radius 2 is 2.15 bits per heavy atom. The van der Waals surface area contributed by atoms with Crippen LogP contribution in [0.25, 0.3) is 0 Å². The van der Waals surface area contributed by atoms with E-state index in [0.717, 1.165) is 17.9 Å². The molecule has 1 unspecified atom stereocenters. The number of benzene rings is 1. The van der Waals surface area contributed by atoms with Gasteiger partial charge in [-0.1, -0.05) is 25.4 Å². The molecule has 0 amide bonds. The summed E-state index contributed by atoms with van der Waals surface area (Å²) >= 11 is 8.05. The second kappa shape index (κ2) is 5.75. The third-order valence-corrected chi connectivity index (χ3v) is 6.02. The Kier molecular flexibility index (Phi) is 4.59. The Morgan fingerprint density at radius 3 is 2.75 bits per heavy atom. The van der Waals surface area contributed by atoms with Gasteiger partial charge in [0.05, 0.1) is 15.6 Å². The Balaban J connectivity index is 2.29. The number of rotatable bonds is 3. The highest BCUT2D eigenvalue weighted by Crippen LogP contribution is 2.37. The Labute approximate surface area is 129 Å². The van der Waals surface area contributed by atoms with Gasteiger partial charge in [-0.05, 0) is 35.8 Å². The molecule has 3 N–H and O–H groups in total. The minimum Gasteiger partial charge on any atom is -0.380 e. The van der Waals surface area contributed by atoms with Gasteiger partial charge >= 0.3 is 0 Å². The van der Waals surface area contributed by atoms with Gasteiger partial charge in [0.15, 0.2) is 0 Å². The van der Waals surface area contributed by atoms with Crippen LogP contribution in [0.2, 0.25) is 5.02 Å². The van der Waals surface area contributed by atoms with Crippen LogP contribution in [-0.2, 0) is 10.0 Å². The molecular formula is C13H19ClN2O2S2. The van der Waals surface area contributed by atoms with E-state index in [1.807, 2.05) is 11.8 Å². The molecule has 1 aromatic carbocycles. The van der Waals surface area contributed by atoms with Crippen molar-refractivity contribution in [3.05, 3.63) is 23.2 Å². The minimum absolute atomic E-state index is 0.0747. The number of halogens is 1. The normalized spacial score (nSPS) is 22.5. The van der Waals surface area contributed by atoms with Crippen LogP contribution in [0.1, 0.15) is 20.3 Å². The van der Waals surface area contributed by atoms with Crippen LogP contribution in [0, 0.1) is 5.41 Å². The molecule has 0 aromatic heterocycles. The summed E-state index contributed by atoms with van der Waals surface area (Å²) in [6.45, 7) is 4.42. The lowest BCUT2D eigenvalue weighted by Gasteiger charge is -2.39. The summed E-state index contributed by atoms with van der Waals surface area (Å²) < 4.78 is 22.8. The van der Waals surface area contributed by atoms with Crippen molar-refractivity contribution in [1.29, 1.82) is 0 Å². The van der Waals surface area contributed by atoms with Crippen molar-refractivity contribution in [3.8, 4) is 0 Å². The van der Waals surface area contributed by atoms with E-state index < -0.39 is 10.0 Å². The van der Waals surface area contributed by atoms with Gasteiger partial charge in [0.25, 0.3) is 0 Å². The summed E-state index contributed by atoms with van der Waals surface area (Å²) in [7, 11) is -3.72. The molecule has 1 heterocycles. The van der Waals surface area contributed by atoms with Gasteiger partial charge in [0.2, 0.25) is 10.0 Å². The van der Waals surface area contributed by atoms with Gasteiger partial charge in [0.1, 0.15) is 0 Å². The maximum absolute atomic E-state index is 11.4. The average Bonchev–Trinajstić information content (AvgIpc) is 2.32. The molecule has 0 bridgehead atoms. The predicted octanol–water partition coefficient (Wildman–Crippen LogP) is 2.93. The van der Waals surface area contributed by atoms with Crippen LogP contribution in [0.3, 0.4) is 0 Å². The highest BCUT2D eigenvalue weighted by molar-refractivity contribution is 7.99. The number of primary sulfonamides is 1. The number of sulfonamides is 1. The lowest BCUT2D eigenvalue weighted by atomic mass is 9.82. The second-order valence-corrected chi connectivity index (χ2v) is 8.82. The van der Waals surface area contributed by atoms with E-state index in [1.54, 1.807) is 6.07 Å². The predicted molar refractivity (Wildman–Crippen MR) is 86.0 cm³/mol. The number of nitrogens with two attached hydrogens (primary N) is 1. The summed E-state index contributed by atoms with van der Waals surface area (Å²) in [5.74, 6) is 2.12. The molecule has 2 rings (SSSR count). The summed E-state index contributed by atoms with van der Waals surface area (Å²) in [6, 6.07) is 4.73. The van der Waals surface area contributed by atoms with Gasteiger partial charge in [-0.25, -0.2) is 13.6 Å². The van der Waals surface area contributed by atoms with Gasteiger partial charge < -0.3 is 5.32 Å². The van der Waals surface area contributed by atoms with Crippen LogP contribution in [0.15, 0.2) is 23.1 Å². The largest absolute Gasteiger partial charge is 0.380 e. The molecule has 1 fully saturated rings. The van der Waals surface area contributed by atoms with Crippen molar-refractivity contribution in [3.63, 3.8) is 0 Å². The molecule has 0 radical (unpaired) electrons. The zero-order chi connectivity index (χ0) is 15.0. The molecule has 1 saturated heterocycles. The number of anilines is 1. The second-order valence-electron chi connectivity index (χ2n) is 5.70. The average molecular weight is 335 g/mol. The first-order valence-corrected chi connectivity index (χ1v) is 9.45. The van der Waals surface area contributed by atoms with Crippen molar-refractivity contribution in [2.75, 3.05) is 16.8 Å². The topological polar surface area (TPSA) is 72.2 Å². The highest BCUT2D eigenvalue weighted by atomic mass is 35.5. The van der Waals surface area contributed by atoms with E-state index in [1.165, 1.54) is 12.1 Å². The first kappa shape index (κ1) is 15.9. The molecule has 0 aliphatic carbocycles. The molecular weight excluding hydrogens is 316 g/mol. The molecule has 0 spiro atoms. The molecule has 1 aliphatic rings. The highest BCUT2D eigenvalue weighted by Gasteiger charge is 2.32. The molecule has 4 nitrogen and oxygen atoms in total. The molecule has 112 valence electrons. The number of hydrogen-bond acceptors (Lipinski definition) is 4. The molecule has 1 aromatic rings. The van der Waals surface area contributed by atoms with Gasteiger partial charge in [-0.3, -0.25) is 0 Å². The van der Waals surface area contributed by atoms with Crippen molar-refractivity contribution < 1.29 is 8.42 Å². The fraction of sp³-hybridized carbons (Fsp3) is 0.538. The van der Waals surface area contributed by atoms with Crippen molar-refractivity contribution >= 4 is 39.1 Å². The summed E-state index contributed by atoms with van der Waals surface area (Å²) in [5.41, 5.74) is 0.769. The third kappa shape index (κ3) is 3.61. The van der Waals surface area contributed by atoms with E-state index in [4.69, 9.17) is 16.7 Å². The van der Waals surface area contributed by atoms with Gasteiger partial charge in [0, 0.05) is 11.8 Å². The van der Waals surface area contributed by atoms with E-state index >= 15 is 0 Å². The SMILES string of the molecule is CC1(C)CCSCC1Nc1cc(S(N)(=O)=O)ccc1Cl. The maximum Gasteiger partial charge on any atom is 0.238 e. The van der Waals surface area contributed by atoms with Crippen LogP contribution < -0.4 is 10.5 Å². The first-order chi connectivity index (χ1) is 9.20. The van der Waals surface area contributed by atoms with Gasteiger partial charge in [-0.15, -0.1) is 0 Å². The summed E-state index contributed by atoms with van der Waals surface area (Å²) in [4.78, 5) is 0.0747. The number of thioether (sulfide) groups is 1. The lowest BCUT2D eigenvalue weighted by molar-refractivity contribution is 0.305. The van der Waals surface area contributed by atoms with E-state index in [0.29, 0.717) is 10.7 Å². The van der Waals surface area contributed by atoms with Crippen LogP contribution in [0.5, 0.6) is 0 Å². The fourth-order valence-electron chi connectivity index (χ4n) is 2.15. The lowest BCUT2D eigenvalue weighted by Crippen LogP contribution is -2.41. The minimum atomic E-state index is -3.72. The molecule has 0 saturated carbocycles. The summed E-state index contributed by atoms with van der Waals surface area (Å²) in [5, 5.41) is 9.04. The zero-order valence-corrected chi connectivity index (χ0v) is 13.9. The molecule has 1 aliphatic heterocycles. The Hall–Kier alpha value is -0.430. The third-order valence-electron chi connectivity index (χ3n) is 3.71. The number of nitrogens with one attached hydrogen (secondary N) is 1. The van der Waals surface area contributed by atoms with Crippen molar-refractivity contribution in [1.82, 2.24) is 0 Å². The van der Waals surface area contributed by atoms with Gasteiger partial charge in [-0.2, -0.15) is 11.8 Å². The molecule has 20 heavy (non-hydrogen) atoms. The Morgan fingerprint density at radius 1 is 1.45 bits per heavy atom. The van der Waals surface area contributed by atoms with Crippen LogP contribution in [0.4, 0.5) is 5.69 Å². The zero-order valence-electron chi connectivity index (χ0n) is 11.5. The van der Waals surface area contributed by atoms with Crippen molar-refractivity contribution in [2.45, 2.75) is 31.2 Å². The van der Waals surface area contributed by atoms with Crippen molar-refractivity contribution in [2.24, 2.45) is 10.6 Å². The number of hydrogen-bond donors (Lipinski definition) is 2. The monoisotopic (exact) mass is 334 g/mol. The van der Waals surface area contributed by atoms with Crippen LogP contribution >= 0.6 is 23.4 Å². The fourth-order valence-corrected chi connectivity index (χ4v) is 4.47. The first-order valence-electron chi connectivity index (χ1n) is 6.37. The van der Waals surface area contributed by atoms with Crippen LogP contribution in [-0.4, -0.2) is 26.0 Å². The van der Waals surface area contributed by atoms with E-state index in [-0.39, 0.29) is 16.4 Å². The quantitative estimate of drug-likeness (QED) is 0.891. The Bertz CT molecular complexity index is 602.